The molecule has 2 aromatic carbocycles. The smallest absolute Gasteiger partial charge is 0.416 e. The maximum absolute atomic E-state index is 12.9. The van der Waals surface area contributed by atoms with E-state index in [0.29, 0.717) is 22.7 Å². The Morgan fingerprint density at radius 1 is 1.00 bits per heavy atom. The first-order valence-corrected chi connectivity index (χ1v) is 13.1. The number of halogens is 3. The summed E-state index contributed by atoms with van der Waals surface area (Å²) < 4.78 is 68.2. The van der Waals surface area contributed by atoms with Crippen molar-refractivity contribution >= 4 is 15.9 Å². The van der Waals surface area contributed by atoms with Crippen LogP contribution in [0, 0.1) is 6.92 Å². The van der Waals surface area contributed by atoms with Gasteiger partial charge in [0.2, 0.25) is 10.0 Å². The fourth-order valence-electron chi connectivity index (χ4n) is 3.64. The molecule has 3 N–H and O–H groups in total. The van der Waals surface area contributed by atoms with Crippen LogP contribution in [0.5, 0.6) is 5.75 Å². The highest BCUT2D eigenvalue weighted by atomic mass is 32.2. The van der Waals surface area contributed by atoms with Crippen LogP contribution in [-0.2, 0) is 29.4 Å². The van der Waals surface area contributed by atoms with Gasteiger partial charge in [-0.05, 0) is 55.5 Å². The van der Waals surface area contributed by atoms with Gasteiger partial charge >= 0.3 is 6.18 Å². The van der Waals surface area contributed by atoms with Crippen LogP contribution in [-0.4, -0.2) is 24.3 Å². The van der Waals surface area contributed by atoms with E-state index >= 15 is 0 Å². The lowest BCUT2D eigenvalue weighted by atomic mass is 10.1. The predicted octanol–water partition coefficient (Wildman–Crippen LogP) is 4.63. The Kier molecular flexibility index (Phi) is 7.98. The van der Waals surface area contributed by atoms with Gasteiger partial charge in [0.15, 0.2) is 0 Å². The van der Waals surface area contributed by atoms with E-state index < -0.39 is 27.7 Å². The second-order valence-corrected chi connectivity index (χ2v) is 10.2. The third-order valence-electron chi connectivity index (χ3n) is 5.63. The number of nitrogens with two attached hydrogens (primary N) is 1. The van der Waals surface area contributed by atoms with E-state index in [1.807, 2.05) is 6.92 Å². The number of hydrogen-bond acceptors (Lipinski definition) is 6. The van der Waals surface area contributed by atoms with E-state index in [-0.39, 0.29) is 23.6 Å². The van der Waals surface area contributed by atoms with E-state index in [2.05, 4.69) is 15.3 Å². The predicted molar refractivity (Wildman–Crippen MR) is 137 cm³/mol. The molecular formula is C27H23F3N4O4S. The zero-order valence-corrected chi connectivity index (χ0v) is 21.4. The normalized spacial score (nSPS) is 11.7. The number of nitrogens with zero attached hydrogens (tertiary/aromatic N) is 2. The first kappa shape index (κ1) is 27.7. The molecule has 0 aliphatic carbocycles. The number of aromatic nitrogens is 2. The molecule has 2 aromatic heterocycles. The van der Waals surface area contributed by atoms with Crippen molar-refractivity contribution in [2.75, 3.05) is 0 Å². The number of alkyl halides is 3. The Morgan fingerprint density at radius 2 is 1.79 bits per heavy atom. The average Bonchev–Trinajstić information content (AvgIpc) is 2.90. The Balaban J connectivity index is 1.34. The lowest BCUT2D eigenvalue weighted by Gasteiger charge is -2.11. The van der Waals surface area contributed by atoms with Crippen molar-refractivity contribution in [3.05, 3.63) is 107 Å². The van der Waals surface area contributed by atoms with Crippen molar-refractivity contribution in [3.8, 4) is 17.0 Å². The zero-order chi connectivity index (χ0) is 28.2. The van der Waals surface area contributed by atoms with Crippen LogP contribution < -0.4 is 15.2 Å². The summed E-state index contributed by atoms with van der Waals surface area (Å²) in [6.07, 6.45) is -1.52. The van der Waals surface area contributed by atoms with Gasteiger partial charge in [-0.1, -0.05) is 23.8 Å². The molecule has 0 saturated carbocycles. The van der Waals surface area contributed by atoms with E-state index in [0.717, 1.165) is 23.3 Å². The van der Waals surface area contributed by atoms with Crippen molar-refractivity contribution in [1.82, 2.24) is 15.3 Å². The summed E-state index contributed by atoms with van der Waals surface area (Å²) in [5.41, 5.74) is 1.92. The average molecular weight is 557 g/mol. The number of primary sulfonamides is 1. The zero-order valence-electron chi connectivity index (χ0n) is 20.6. The van der Waals surface area contributed by atoms with Gasteiger partial charge in [-0.2, -0.15) is 13.2 Å². The number of benzene rings is 2. The quantitative estimate of drug-likeness (QED) is 0.326. The molecular weight excluding hydrogens is 533 g/mol. The molecule has 0 atom stereocenters. The molecule has 4 rings (SSSR count). The van der Waals surface area contributed by atoms with Crippen LogP contribution in [0.2, 0.25) is 0 Å². The van der Waals surface area contributed by atoms with E-state index in [9.17, 15) is 26.4 Å². The van der Waals surface area contributed by atoms with Gasteiger partial charge in [0, 0.05) is 22.9 Å². The van der Waals surface area contributed by atoms with Crippen LogP contribution >= 0.6 is 0 Å². The Bertz CT molecular complexity index is 1590. The van der Waals surface area contributed by atoms with E-state index in [1.54, 1.807) is 42.6 Å². The van der Waals surface area contributed by atoms with E-state index in [1.165, 1.54) is 24.4 Å². The highest BCUT2D eigenvalue weighted by Gasteiger charge is 2.30. The molecule has 4 aromatic rings. The fourth-order valence-corrected chi connectivity index (χ4v) is 4.37. The van der Waals surface area contributed by atoms with Gasteiger partial charge in [-0.15, -0.1) is 0 Å². The minimum atomic E-state index is -4.54. The number of hydrogen-bond donors (Lipinski definition) is 2. The topological polar surface area (TPSA) is 124 Å². The minimum Gasteiger partial charge on any atom is -0.487 e. The maximum atomic E-state index is 12.9. The number of rotatable bonds is 8. The molecule has 0 unspecified atom stereocenters. The van der Waals surface area contributed by atoms with Gasteiger partial charge in [0.05, 0.1) is 34.6 Å². The summed E-state index contributed by atoms with van der Waals surface area (Å²) in [6, 6.07) is 15.7. The first-order valence-electron chi connectivity index (χ1n) is 11.5. The first-order chi connectivity index (χ1) is 18.4. The molecule has 0 saturated heterocycles. The monoisotopic (exact) mass is 556 g/mol. The number of carbonyl (C=O) groups is 1. The van der Waals surface area contributed by atoms with Gasteiger partial charge < -0.3 is 10.1 Å². The Labute approximate surface area is 222 Å². The Morgan fingerprint density at radius 3 is 2.44 bits per heavy atom. The van der Waals surface area contributed by atoms with Crippen LogP contribution in [0.25, 0.3) is 11.3 Å². The molecule has 2 heterocycles. The molecule has 12 heteroatoms. The van der Waals surface area contributed by atoms with Crippen molar-refractivity contribution < 1.29 is 31.1 Å². The van der Waals surface area contributed by atoms with Gasteiger partial charge in [0.25, 0.3) is 5.91 Å². The van der Waals surface area contributed by atoms with Crippen LogP contribution in [0.1, 0.15) is 32.7 Å². The fraction of sp³-hybridized carbons (Fsp3) is 0.148. The Hall–Kier alpha value is -4.29. The molecule has 1 amide bonds. The minimum absolute atomic E-state index is 0.0122. The van der Waals surface area contributed by atoms with Crippen LogP contribution in [0.15, 0.2) is 84.0 Å². The molecule has 8 nitrogen and oxygen atoms in total. The van der Waals surface area contributed by atoms with Crippen LogP contribution in [0.3, 0.4) is 0 Å². The second-order valence-electron chi connectivity index (χ2n) is 8.63. The molecule has 0 aliphatic rings. The molecule has 0 fully saturated rings. The van der Waals surface area contributed by atoms with Crippen molar-refractivity contribution in [2.24, 2.45) is 5.14 Å². The lowest BCUT2D eigenvalue weighted by Crippen LogP contribution is -2.23. The molecule has 0 spiro atoms. The summed E-state index contributed by atoms with van der Waals surface area (Å²) in [6.45, 7) is 2.01. The largest absolute Gasteiger partial charge is 0.487 e. The van der Waals surface area contributed by atoms with Crippen molar-refractivity contribution in [2.45, 2.75) is 31.1 Å². The molecule has 0 aliphatic heterocycles. The second kappa shape index (κ2) is 11.2. The van der Waals surface area contributed by atoms with Gasteiger partial charge in [-0.3, -0.25) is 14.8 Å². The number of carbonyl (C=O) groups excluding carboxylic acids is 1. The highest BCUT2D eigenvalue weighted by Crippen LogP contribution is 2.29. The van der Waals surface area contributed by atoms with Crippen molar-refractivity contribution in [3.63, 3.8) is 0 Å². The number of sulfonamides is 1. The molecule has 0 bridgehead atoms. The number of amides is 1. The number of nitrogens with one attached hydrogen (secondary N) is 1. The molecule has 202 valence electrons. The summed E-state index contributed by atoms with van der Waals surface area (Å²) in [5.74, 6) is -0.205. The van der Waals surface area contributed by atoms with Gasteiger partial charge in [-0.25, -0.2) is 13.6 Å². The van der Waals surface area contributed by atoms with Crippen LogP contribution in [0.4, 0.5) is 13.2 Å². The number of pyridine rings is 2. The summed E-state index contributed by atoms with van der Waals surface area (Å²) in [4.78, 5) is 20.8. The maximum Gasteiger partial charge on any atom is 0.416 e. The summed E-state index contributed by atoms with van der Waals surface area (Å²) in [7, 11) is -3.92. The lowest BCUT2D eigenvalue weighted by molar-refractivity contribution is -0.137. The number of aryl methyl sites for hydroxylation is 1. The SMILES string of the molecule is Cc1ccc(S(N)(=O)=O)c(-c2ccc(COc3ccc(CNC(=O)c4cccc(C(F)(F)F)c4)nc3)cn2)c1. The third kappa shape index (κ3) is 7.18. The van der Waals surface area contributed by atoms with Crippen molar-refractivity contribution in [1.29, 1.82) is 0 Å². The molecule has 0 radical (unpaired) electrons. The van der Waals surface area contributed by atoms with E-state index in [4.69, 9.17) is 9.88 Å². The highest BCUT2D eigenvalue weighted by molar-refractivity contribution is 7.89. The molecule has 39 heavy (non-hydrogen) atoms. The standard InChI is InChI=1S/C27H23F3N4O4S/c1-17-5-10-25(39(31,36)37)23(11-17)24-9-6-18(13-33-24)16-38-22-8-7-21(32-15-22)14-34-26(35)19-3-2-4-20(12-19)27(28,29)30/h2-13,15H,14,16H2,1H3,(H,34,35)(H2,31,36,37). The summed E-state index contributed by atoms with van der Waals surface area (Å²) >= 11 is 0. The van der Waals surface area contributed by atoms with Gasteiger partial charge in [0.1, 0.15) is 12.4 Å². The number of ether oxygens (including phenoxy) is 1. The summed E-state index contributed by atoms with van der Waals surface area (Å²) in [5, 5.41) is 7.88. The third-order valence-corrected chi connectivity index (χ3v) is 6.60.